The van der Waals surface area contributed by atoms with E-state index >= 15 is 0 Å². The van der Waals surface area contributed by atoms with Gasteiger partial charge in [0.25, 0.3) is 0 Å². The number of carbonyl (C=O) groups is 1. The second kappa shape index (κ2) is 6.63. The number of carbonyl (C=O) groups excluding carboxylic acids is 1. The van der Waals surface area contributed by atoms with Gasteiger partial charge in [-0.15, -0.1) is 0 Å². The molecular weight excluding hydrogens is 242 g/mol. The van der Waals surface area contributed by atoms with Crippen molar-refractivity contribution in [2.45, 2.75) is 38.4 Å². The van der Waals surface area contributed by atoms with E-state index in [0.29, 0.717) is 19.1 Å². The van der Waals surface area contributed by atoms with Gasteiger partial charge in [0.05, 0.1) is 12.6 Å². The highest BCUT2D eigenvalue weighted by atomic mass is 16.3. The van der Waals surface area contributed by atoms with Crippen LogP contribution in [0.1, 0.15) is 25.3 Å². The molecule has 0 aliphatic heterocycles. The molecule has 5 heteroatoms. The van der Waals surface area contributed by atoms with Crippen LogP contribution in [0.3, 0.4) is 0 Å². The Morgan fingerprint density at radius 2 is 2.42 bits per heavy atom. The Kier molecular flexibility index (Phi) is 4.87. The second-order valence-corrected chi connectivity index (χ2v) is 5.01. The molecule has 1 atom stereocenters. The first-order chi connectivity index (χ1) is 9.20. The van der Waals surface area contributed by atoms with Gasteiger partial charge in [-0.2, -0.15) is 0 Å². The fraction of sp³-hybridized carbons (Fsp3) is 0.571. The van der Waals surface area contributed by atoms with Crippen LogP contribution in [-0.4, -0.2) is 46.1 Å². The minimum absolute atomic E-state index is 0.0415. The van der Waals surface area contributed by atoms with Crippen LogP contribution in [0.5, 0.6) is 0 Å². The van der Waals surface area contributed by atoms with Gasteiger partial charge in [-0.3, -0.25) is 14.7 Å². The maximum atomic E-state index is 12.0. The van der Waals surface area contributed by atoms with E-state index in [9.17, 15) is 4.79 Å². The van der Waals surface area contributed by atoms with Gasteiger partial charge >= 0.3 is 0 Å². The van der Waals surface area contributed by atoms with Gasteiger partial charge in [0.15, 0.2) is 0 Å². The first-order valence-corrected chi connectivity index (χ1v) is 6.75. The van der Waals surface area contributed by atoms with Gasteiger partial charge in [-0.25, -0.2) is 0 Å². The Bertz CT molecular complexity index is 406. The first kappa shape index (κ1) is 14.0. The van der Waals surface area contributed by atoms with E-state index in [4.69, 9.17) is 5.11 Å². The summed E-state index contributed by atoms with van der Waals surface area (Å²) in [5, 5.41) is 12.2. The number of nitrogens with zero attached hydrogens (tertiary/aromatic N) is 2. The Morgan fingerprint density at radius 1 is 1.63 bits per heavy atom. The molecular formula is C14H21N3O2. The Labute approximate surface area is 113 Å². The van der Waals surface area contributed by atoms with Crippen molar-refractivity contribution in [1.29, 1.82) is 0 Å². The molecule has 1 fully saturated rings. The maximum absolute atomic E-state index is 12.0. The largest absolute Gasteiger partial charge is 0.395 e. The van der Waals surface area contributed by atoms with Crippen molar-refractivity contribution in [1.82, 2.24) is 15.2 Å². The predicted octanol–water partition coefficient (Wildman–Crippen LogP) is 0.543. The summed E-state index contributed by atoms with van der Waals surface area (Å²) >= 11 is 0. The quantitative estimate of drug-likeness (QED) is 0.753. The molecule has 0 saturated heterocycles. The molecule has 1 aliphatic rings. The Morgan fingerprint density at radius 3 is 3.00 bits per heavy atom. The van der Waals surface area contributed by atoms with Crippen LogP contribution in [0.4, 0.5) is 0 Å². The van der Waals surface area contributed by atoms with Crippen LogP contribution in [-0.2, 0) is 11.3 Å². The lowest BCUT2D eigenvalue weighted by Crippen LogP contribution is -2.46. The van der Waals surface area contributed by atoms with Gasteiger partial charge < -0.3 is 10.4 Å². The molecule has 1 aromatic rings. The monoisotopic (exact) mass is 263 g/mol. The van der Waals surface area contributed by atoms with Gasteiger partial charge in [0.2, 0.25) is 5.91 Å². The van der Waals surface area contributed by atoms with Crippen LogP contribution >= 0.6 is 0 Å². The van der Waals surface area contributed by atoms with E-state index in [2.05, 4.69) is 10.3 Å². The molecule has 1 aromatic heterocycles. The van der Waals surface area contributed by atoms with E-state index < -0.39 is 0 Å². The van der Waals surface area contributed by atoms with Crippen molar-refractivity contribution in [3.05, 3.63) is 30.1 Å². The summed E-state index contributed by atoms with van der Waals surface area (Å²) in [6, 6.07) is 3.97. The summed E-state index contributed by atoms with van der Waals surface area (Å²) in [5.74, 6) is 0.0415. The fourth-order valence-corrected chi connectivity index (χ4v) is 1.98. The summed E-state index contributed by atoms with van der Waals surface area (Å²) < 4.78 is 0. The minimum atomic E-state index is -0.243. The third kappa shape index (κ3) is 4.29. The zero-order valence-electron chi connectivity index (χ0n) is 11.2. The van der Waals surface area contributed by atoms with Crippen molar-refractivity contribution >= 4 is 5.91 Å². The van der Waals surface area contributed by atoms with Crippen LogP contribution < -0.4 is 5.32 Å². The molecule has 1 heterocycles. The molecule has 1 aliphatic carbocycles. The van der Waals surface area contributed by atoms with Crippen molar-refractivity contribution in [2.75, 3.05) is 13.2 Å². The van der Waals surface area contributed by atoms with E-state index in [0.717, 1.165) is 18.4 Å². The first-order valence-electron chi connectivity index (χ1n) is 6.75. The van der Waals surface area contributed by atoms with Crippen molar-refractivity contribution in [3.63, 3.8) is 0 Å². The number of aromatic nitrogens is 1. The number of pyridine rings is 1. The number of aliphatic hydroxyl groups is 1. The molecule has 0 bridgehead atoms. The lowest BCUT2D eigenvalue weighted by atomic mass is 10.2. The summed E-state index contributed by atoms with van der Waals surface area (Å²) in [5.41, 5.74) is 1.04. The molecule has 1 saturated carbocycles. The van der Waals surface area contributed by atoms with Crippen LogP contribution in [0.2, 0.25) is 0 Å². The average Bonchev–Trinajstić information content (AvgIpc) is 3.22. The average molecular weight is 263 g/mol. The number of nitrogens with one attached hydrogen (secondary N) is 1. The standard InChI is InChI=1S/C14H21N3O2/c1-11(14(19)16-13-4-5-13)17(7-8-18)10-12-3-2-6-15-9-12/h2-3,6,9,11,13,18H,4-5,7-8,10H2,1H3,(H,16,19). The smallest absolute Gasteiger partial charge is 0.237 e. The van der Waals surface area contributed by atoms with Crippen LogP contribution in [0.15, 0.2) is 24.5 Å². The highest BCUT2D eigenvalue weighted by Crippen LogP contribution is 2.19. The number of aliphatic hydroxyl groups excluding tert-OH is 1. The second-order valence-electron chi connectivity index (χ2n) is 5.01. The molecule has 0 radical (unpaired) electrons. The molecule has 104 valence electrons. The van der Waals surface area contributed by atoms with Crippen molar-refractivity contribution in [3.8, 4) is 0 Å². The van der Waals surface area contributed by atoms with E-state index in [-0.39, 0.29) is 18.6 Å². The molecule has 0 spiro atoms. The molecule has 2 N–H and O–H groups in total. The Hall–Kier alpha value is -1.46. The van der Waals surface area contributed by atoms with Gasteiger partial charge in [-0.1, -0.05) is 6.07 Å². The topological polar surface area (TPSA) is 65.5 Å². The summed E-state index contributed by atoms with van der Waals surface area (Å²) in [6.45, 7) is 3.02. The summed E-state index contributed by atoms with van der Waals surface area (Å²) in [4.78, 5) is 18.1. The highest BCUT2D eigenvalue weighted by Gasteiger charge is 2.28. The van der Waals surface area contributed by atoms with Crippen LogP contribution in [0, 0.1) is 0 Å². The fourth-order valence-electron chi connectivity index (χ4n) is 1.98. The molecule has 19 heavy (non-hydrogen) atoms. The number of rotatable bonds is 7. The van der Waals surface area contributed by atoms with E-state index in [1.54, 1.807) is 12.4 Å². The molecule has 1 unspecified atom stereocenters. The summed E-state index contributed by atoms with van der Waals surface area (Å²) in [6.07, 6.45) is 5.68. The van der Waals surface area contributed by atoms with Crippen molar-refractivity contribution in [2.24, 2.45) is 0 Å². The third-order valence-corrected chi connectivity index (χ3v) is 3.35. The molecule has 5 nitrogen and oxygen atoms in total. The number of amides is 1. The highest BCUT2D eigenvalue weighted by molar-refractivity contribution is 5.81. The molecule has 0 aromatic carbocycles. The number of hydrogen-bond donors (Lipinski definition) is 2. The van der Waals surface area contributed by atoms with E-state index in [1.165, 1.54) is 0 Å². The van der Waals surface area contributed by atoms with Crippen molar-refractivity contribution < 1.29 is 9.90 Å². The number of hydrogen-bond acceptors (Lipinski definition) is 4. The van der Waals surface area contributed by atoms with Gasteiger partial charge in [0.1, 0.15) is 0 Å². The van der Waals surface area contributed by atoms with Gasteiger partial charge in [-0.05, 0) is 31.4 Å². The zero-order valence-corrected chi connectivity index (χ0v) is 11.2. The lowest BCUT2D eigenvalue weighted by molar-refractivity contribution is -0.126. The van der Waals surface area contributed by atoms with E-state index in [1.807, 2.05) is 24.0 Å². The minimum Gasteiger partial charge on any atom is -0.395 e. The lowest BCUT2D eigenvalue weighted by Gasteiger charge is -2.27. The maximum Gasteiger partial charge on any atom is 0.237 e. The zero-order chi connectivity index (χ0) is 13.7. The Balaban J connectivity index is 1.95. The SMILES string of the molecule is CC(C(=O)NC1CC1)N(CCO)Cc1cccnc1. The normalized spacial score (nSPS) is 16.4. The third-order valence-electron chi connectivity index (χ3n) is 3.35. The molecule has 2 rings (SSSR count). The summed E-state index contributed by atoms with van der Waals surface area (Å²) in [7, 11) is 0. The van der Waals surface area contributed by atoms with Gasteiger partial charge in [0, 0.05) is 31.5 Å². The van der Waals surface area contributed by atoms with Crippen LogP contribution in [0.25, 0.3) is 0 Å². The predicted molar refractivity (Wildman–Crippen MR) is 72.4 cm³/mol. The molecule has 1 amide bonds.